The first-order valence-electron chi connectivity index (χ1n) is 11.4. The van der Waals surface area contributed by atoms with Gasteiger partial charge < -0.3 is 4.74 Å². The predicted octanol–water partition coefficient (Wildman–Crippen LogP) is 6.76. The molecule has 29 heavy (non-hydrogen) atoms. The second kappa shape index (κ2) is 9.91. The minimum atomic E-state index is -0.257. The van der Waals surface area contributed by atoms with E-state index >= 15 is 0 Å². The lowest BCUT2D eigenvalue weighted by Gasteiger charge is -2.42. The van der Waals surface area contributed by atoms with E-state index in [1.165, 1.54) is 17.5 Å². The van der Waals surface area contributed by atoms with Crippen molar-refractivity contribution >= 4 is 11.8 Å². The number of carbonyl (C=O) groups is 2. The number of benzene rings is 1. The summed E-state index contributed by atoms with van der Waals surface area (Å²) < 4.78 is 5.44. The third kappa shape index (κ3) is 6.17. The van der Waals surface area contributed by atoms with Gasteiger partial charge in [-0.15, -0.1) is 0 Å². The highest BCUT2D eigenvalue weighted by molar-refractivity contribution is 5.97. The smallest absolute Gasteiger partial charge is 0.306 e. The van der Waals surface area contributed by atoms with Crippen molar-refractivity contribution in [3.63, 3.8) is 0 Å². The lowest BCUT2D eigenvalue weighted by atomic mass is 9.63. The predicted molar refractivity (Wildman–Crippen MR) is 120 cm³/mol. The summed E-state index contributed by atoms with van der Waals surface area (Å²) in [6.07, 6.45) is 7.10. The zero-order valence-corrected chi connectivity index (χ0v) is 19.4. The molecule has 162 valence electrons. The van der Waals surface area contributed by atoms with Gasteiger partial charge in [0.05, 0.1) is 13.0 Å². The van der Waals surface area contributed by atoms with E-state index in [0.29, 0.717) is 12.5 Å². The average Bonchev–Trinajstić information content (AvgIpc) is 2.69. The number of ketones is 1. The fourth-order valence-electron chi connectivity index (χ4n) is 4.30. The monoisotopic (exact) mass is 400 g/mol. The van der Waals surface area contributed by atoms with Gasteiger partial charge in [-0.05, 0) is 53.2 Å². The first-order valence-corrected chi connectivity index (χ1v) is 11.4. The van der Waals surface area contributed by atoms with Crippen molar-refractivity contribution in [3.8, 4) is 0 Å². The molecule has 0 fully saturated rings. The summed E-state index contributed by atoms with van der Waals surface area (Å²) in [5.41, 5.74) is 3.57. The minimum absolute atomic E-state index is 0.0296. The van der Waals surface area contributed by atoms with Crippen LogP contribution >= 0.6 is 0 Å². The number of esters is 1. The average molecular weight is 401 g/mol. The van der Waals surface area contributed by atoms with E-state index in [9.17, 15) is 9.59 Å². The highest BCUT2D eigenvalue weighted by atomic mass is 16.5. The van der Waals surface area contributed by atoms with Crippen LogP contribution in [0.4, 0.5) is 0 Å². The zero-order chi connectivity index (χ0) is 21.7. The molecule has 2 rings (SSSR count). The molecule has 0 amide bonds. The fourth-order valence-corrected chi connectivity index (χ4v) is 4.30. The van der Waals surface area contributed by atoms with Gasteiger partial charge in [0, 0.05) is 12.0 Å². The number of ether oxygens (including phenoxy) is 1. The minimum Gasteiger partial charge on any atom is -0.465 e. The third-order valence-corrected chi connectivity index (χ3v) is 6.75. The summed E-state index contributed by atoms with van der Waals surface area (Å²) in [4.78, 5) is 24.9. The van der Waals surface area contributed by atoms with Gasteiger partial charge in [0.1, 0.15) is 0 Å². The van der Waals surface area contributed by atoms with Crippen molar-refractivity contribution in [1.29, 1.82) is 0 Å². The van der Waals surface area contributed by atoms with E-state index in [1.807, 2.05) is 6.07 Å². The fraction of sp³-hybridized carbons (Fsp3) is 0.692. The maximum atomic E-state index is 12.7. The Bertz CT molecular complexity index is 715. The zero-order valence-electron chi connectivity index (χ0n) is 19.4. The second-order valence-electron chi connectivity index (χ2n) is 10.1. The van der Waals surface area contributed by atoms with E-state index in [2.05, 4.69) is 53.7 Å². The third-order valence-electron chi connectivity index (χ3n) is 6.75. The Hall–Kier alpha value is -1.64. The summed E-state index contributed by atoms with van der Waals surface area (Å²) in [6.45, 7) is 13.9. The highest BCUT2D eigenvalue weighted by Crippen LogP contribution is 2.45. The molecule has 1 aromatic rings. The van der Waals surface area contributed by atoms with Crippen molar-refractivity contribution in [2.75, 3.05) is 6.61 Å². The van der Waals surface area contributed by atoms with E-state index in [1.54, 1.807) is 0 Å². The summed E-state index contributed by atoms with van der Waals surface area (Å²) >= 11 is 0. The Morgan fingerprint density at radius 3 is 2.28 bits per heavy atom. The summed E-state index contributed by atoms with van der Waals surface area (Å²) in [6, 6.07) is 6.14. The normalized spacial score (nSPS) is 18.0. The maximum Gasteiger partial charge on any atom is 0.306 e. The lowest BCUT2D eigenvalue weighted by Crippen LogP contribution is -2.34. The summed E-state index contributed by atoms with van der Waals surface area (Å²) in [5, 5.41) is 0. The number of hydrogen-bond donors (Lipinski definition) is 0. The Morgan fingerprint density at radius 2 is 1.66 bits per heavy atom. The summed E-state index contributed by atoms with van der Waals surface area (Å²) in [5.74, 6) is 0.204. The van der Waals surface area contributed by atoms with Crippen molar-refractivity contribution in [2.24, 2.45) is 5.92 Å². The number of Topliss-reactive ketones (excluding diaryl/α,β-unsaturated/α-hetero) is 1. The molecule has 0 spiro atoms. The van der Waals surface area contributed by atoms with Crippen LogP contribution in [0.3, 0.4) is 0 Å². The molecule has 0 aromatic heterocycles. The molecule has 1 unspecified atom stereocenters. The van der Waals surface area contributed by atoms with Crippen LogP contribution in [0.2, 0.25) is 0 Å². The molecular weight excluding hydrogens is 360 g/mol. The number of hydrogen-bond acceptors (Lipinski definition) is 3. The van der Waals surface area contributed by atoms with Crippen molar-refractivity contribution in [2.45, 2.75) is 104 Å². The van der Waals surface area contributed by atoms with Crippen LogP contribution in [0, 0.1) is 5.92 Å². The van der Waals surface area contributed by atoms with Gasteiger partial charge in [-0.1, -0.05) is 72.9 Å². The van der Waals surface area contributed by atoms with Crippen LogP contribution in [0.1, 0.15) is 114 Å². The molecule has 3 heteroatoms. The van der Waals surface area contributed by atoms with Crippen LogP contribution in [0.25, 0.3) is 0 Å². The molecule has 1 atom stereocenters. The van der Waals surface area contributed by atoms with Gasteiger partial charge >= 0.3 is 5.97 Å². The van der Waals surface area contributed by atoms with Crippen LogP contribution in [-0.2, 0) is 20.4 Å². The molecule has 1 aliphatic carbocycles. The Labute approximate surface area is 177 Å². The molecule has 0 heterocycles. The second-order valence-corrected chi connectivity index (χ2v) is 10.1. The van der Waals surface area contributed by atoms with Crippen LogP contribution in [0.5, 0.6) is 0 Å². The number of carbonyl (C=O) groups excluding carboxylic acids is 2. The van der Waals surface area contributed by atoms with Crippen LogP contribution < -0.4 is 0 Å². The molecule has 0 aliphatic heterocycles. The first-order chi connectivity index (χ1) is 13.6. The maximum absolute atomic E-state index is 12.7. The first kappa shape index (κ1) is 23.6. The van der Waals surface area contributed by atoms with Crippen molar-refractivity contribution in [1.82, 2.24) is 0 Å². The number of rotatable bonds is 10. The number of fused-ring (bicyclic) bond motifs is 1. The van der Waals surface area contributed by atoms with Gasteiger partial charge in [0.15, 0.2) is 5.78 Å². The lowest BCUT2D eigenvalue weighted by molar-refractivity contribution is -0.145. The standard InChI is InChI=1S/C26H40O3/c1-7-9-10-19(8-2)18-29-24(28)14-13-23(27)20-11-12-21-22(17-20)26(5,6)16-15-25(21,3)4/h11-12,17,19H,7-10,13-16,18H2,1-6H3. The van der Waals surface area contributed by atoms with E-state index < -0.39 is 0 Å². The molecule has 0 radical (unpaired) electrons. The molecule has 0 saturated heterocycles. The Balaban J connectivity index is 1.95. The van der Waals surface area contributed by atoms with Gasteiger partial charge in [0.25, 0.3) is 0 Å². The summed E-state index contributed by atoms with van der Waals surface area (Å²) in [7, 11) is 0. The molecule has 0 saturated carbocycles. The molecular formula is C26H40O3. The quantitative estimate of drug-likeness (QED) is 0.322. The van der Waals surface area contributed by atoms with Gasteiger partial charge in [-0.25, -0.2) is 0 Å². The van der Waals surface area contributed by atoms with Crippen LogP contribution in [-0.4, -0.2) is 18.4 Å². The Kier molecular flexibility index (Phi) is 8.08. The van der Waals surface area contributed by atoms with Gasteiger partial charge in [0.2, 0.25) is 0 Å². The van der Waals surface area contributed by atoms with Crippen molar-refractivity contribution < 1.29 is 14.3 Å². The van der Waals surface area contributed by atoms with E-state index in [-0.39, 0.29) is 35.4 Å². The van der Waals surface area contributed by atoms with Crippen molar-refractivity contribution in [3.05, 3.63) is 34.9 Å². The van der Waals surface area contributed by atoms with E-state index in [4.69, 9.17) is 4.74 Å². The van der Waals surface area contributed by atoms with E-state index in [0.717, 1.165) is 37.7 Å². The van der Waals surface area contributed by atoms with Crippen LogP contribution in [0.15, 0.2) is 18.2 Å². The van der Waals surface area contributed by atoms with Gasteiger partial charge in [-0.3, -0.25) is 9.59 Å². The topological polar surface area (TPSA) is 43.4 Å². The van der Waals surface area contributed by atoms with Gasteiger partial charge in [-0.2, -0.15) is 0 Å². The molecule has 1 aliphatic rings. The SMILES string of the molecule is CCCCC(CC)COC(=O)CCC(=O)c1ccc2c(c1)C(C)(C)CCC2(C)C. The molecule has 1 aromatic carbocycles. The number of unbranched alkanes of at least 4 members (excludes halogenated alkanes) is 1. The molecule has 0 bridgehead atoms. The Morgan fingerprint density at radius 1 is 1.00 bits per heavy atom. The molecule has 3 nitrogen and oxygen atoms in total. The largest absolute Gasteiger partial charge is 0.465 e. The molecule has 0 N–H and O–H groups in total. The highest BCUT2D eigenvalue weighted by Gasteiger charge is 2.37.